The van der Waals surface area contributed by atoms with Gasteiger partial charge in [0, 0.05) is 18.1 Å². The van der Waals surface area contributed by atoms with Crippen LogP contribution in [-0.2, 0) is 0 Å². The summed E-state index contributed by atoms with van der Waals surface area (Å²) in [5.74, 6) is 0.604. The van der Waals surface area contributed by atoms with E-state index in [0.717, 1.165) is 5.69 Å². The number of nitrogens with zero attached hydrogens (tertiary/aromatic N) is 2. The predicted molar refractivity (Wildman–Crippen MR) is 77.2 cm³/mol. The molecule has 19 heavy (non-hydrogen) atoms. The maximum absolute atomic E-state index is 4.15. The first-order chi connectivity index (χ1) is 9.42. The van der Waals surface area contributed by atoms with Crippen LogP contribution >= 0.6 is 0 Å². The van der Waals surface area contributed by atoms with Crippen LogP contribution in [0, 0.1) is 0 Å². The summed E-state index contributed by atoms with van der Waals surface area (Å²) in [5, 5.41) is 3.19. The van der Waals surface area contributed by atoms with Crippen LogP contribution in [0.4, 0.5) is 11.6 Å². The van der Waals surface area contributed by atoms with Crippen molar-refractivity contribution < 1.29 is 0 Å². The Kier molecular flexibility index (Phi) is 3.19. The second-order valence-electron chi connectivity index (χ2n) is 4.14. The number of hydrogen-bond donors (Lipinski definition) is 1. The van der Waals surface area contributed by atoms with Gasteiger partial charge in [-0.05, 0) is 29.3 Å². The first-order valence-corrected chi connectivity index (χ1v) is 6.11. The number of nitrogens with one attached hydrogen (secondary N) is 1. The van der Waals surface area contributed by atoms with Gasteiger partial charge < -0.3 is 5.32 Å². The number of aromatic nitrogens is 2. The van der Waals surface area contributed by atoms with Crippen LogP contribution in [0.1, 0.15) is 0 Å². The molecule has 1 heterocycles. The van der Waals surface area contributed by atoms with Gasteiger partial charge in [-0.1, -0.05) is 42.5 Å². The highest BCUT2D eigenvalue weighted by atomic mass is 15.1. The summed E-state index contributed by atoms with van der Waals surface area (Å²) in [5.41, 5.74) is 3.34. The lowest BCUT2D eigenvalue weighted by molar-refractivity contribution is 1.17. The third-order valence-electron chi connectivity index (χ3n) is 2.79. The van der Waals surface area contributed by atoms with Crippen molar-refractivity contribution in [2.24, 2.45) is 0 Å². The minimum absolute atomic E-state index is 0.604. The van der Waals surface area contributed by atoms with Gasteiger partial charge in [0.2, 0.25) is 5.95 Å². The Balaban J connectivity index is 1.89. The van der Waals surface area contributed by atoms with Crippen molar-refractivity contribution >= 4 is 11.6 Å². The normalized spacial score (nSPS) is 10.1. The van der Waals surface area contributed by atoms with Crippen molar-refractivity contribution in [2.45, 2.75) is 0 Å². The van der Waals surface area contributed by atoms with Gasteiger partial charge >= 0.3 is 0 Å². The molecule has 0 radical (unpaired) electrons. The fourth-order valence-corrected chi connectivity index (χ4v) is 1.90. The zero-order chi connectivity index (χ0) is 12.9. The largest absolute Gasteiger partial charge is 0.324 e. The highest BCUT2D eigenvalue weighted by molar-refractivity contribution is 5.69. The molecular weight excluding hydrogens is 234 g/mol. The van der Waals surface area contributed by atoms with Crippen LogP contribution in [-0.4, -0.2) is 9.97 Å². The molecule has 0 saturated carbocycles. The second kappa shape index (κ2) is 5.31. The van der Waals surface area contributed by atoms with E-state index in [0.29, 0.717) is 5.95 Å². The molecule has 0 aliphatic heterocycles. The Labute approximate surface area is 112 Å². The number of hydrogen-bond acceptors (Lipinski definition) is 3. The molecule has 0 bridgehead atoms. The fourth-order valence-electron chi connectivity index (χ4n) is 1.90. The molecule has 3 nitrogen and oxygen atoms in total. The van der Waals surface area contributed by atoms with Crippen LogP contribution in [0.15, 0.2) is 73.1 Å². The molecule has 3 aromatic rings. The van der Waals surface area contributed by atoms with E-state index in [1.807, 2.05) is 30.3 Å². The van der Waals surface area contributed by atoms with Crippen molar-refractivity contribution in [1.82, 2.24) is 9.97 Å². The molecule has 3 heteroatoms. The van der Waals surface area contributed by atoms with Gasteiger partial charge in [-0.2, -0.15) is 0 Å². The lowest BCUT2D eigenvalue weighted by Crippen LogP contribution is -1.95. The zero-order valence-electron chi connectivity index (χ0n) is 10.3. The van der Waals surface area contributed by atoms with E-state index < -0.39 is 0 Å². The van der Waals surface area contributed by atoms with Gasteiger partial charge in [0.05, 0.1) is 0 Å². The van der Waals surface area contributed by atoms with Crippen molar-refractivity contribution in [2.75, 3.05) is 5.32 Å². The summed E-state index contributed by atoms with van der Waals surface area (Å²) in [6.45, 7) is 0. The van der Waals surface area contributed by atoms with Crippen molar-refractivity contribution in [3.63, 3.8) is 0 Å². The smallest absolute Gasteiger partial charge is 0.227 e. The Morgan fingerprint density at radius 2 is 1.42 bits per heavy atom. The van der Waals surface area contributed by atoms with Crippen molar-refractivity contribution in [3.05, 3.63) is 73.1 Å². The predicted octanol–water partition coefficient (Wildman–Crippen LogP) is 3.89. The number of anilines is 2. The molecule has 0 amide bonds. The van der Waals surface area contributed by atoms with Gasteiger partial charge in [0.1, 0.15) is 0 Å². The summed E-state index contributed by atoms with van der Waals surface area (Å²) in [7, 11) is 0. The SMILES string of the molecule is c1ccc(-c2cccc(Nc3ncccn3)c2)cc1. The summed E-state index contributed by atoms with van der Waals surface area (Å²) >= 11 is 0. The molecule has 2 aromatic carbocycles. The average Bonchev–Trinajstić information content (AvgIpc) is 2.49. The molecule has 0 fully saturated rings. The van der Waals surface area contributed by atoms with Gasteiger partial charge in [-0.3, -0.25) is 0 Å². The Morgan fingerprint density at radius 1 is 0.684 bits per heavy atom. The van der Waals surface area contributed by atoms with Gasteiger partial charge in [-0.15, -0.1) is 0 Å². The van der Waals surface area contributed by atoms with Crippen LogP contribution in [0.5, 0.6) is 0 Å². The van der Waals surface area contributed by atoms with E-state index >= 15 is 0 Å². The minimum atomic E-state index is 0.604. The molecule has 1 aromatic heterocycles. The summed E-state index contributed by atoms with van der Waals surface area (Å²) in [4.78, 5) is 8.31. The van der Waals surface area contributed by atoms with E-state index in [1.54, 1.807) is 18.5 Å². The third-order valence-corrected chi connectivity index (χ3v) is 2.79. The molecule has 0 saturated heterocycles. The van der Waals surface area contributed by atoms with Crippen LogP contribution in [0.2, 0.25) is 0 Å². The summed E-state index contributed by atoms with van der Waals surface area (Å²) in [6, 6.07) is 20.3. The van der Waals surface area contributed by atoms with Gasteiger partial charge in [0.15, 0.2) is 0 Å². The van der Waals surface area contributed by atoms with Crippen LogP contribution in [0.25, 0.3) is 11.1 Å². The Morgan fingerprint density at radius 3 is 2.21 bits per heavy atom. The highest BCUT2D eigenvalue weighted by Crippen LogP contribution is 2.23. The maximum atomic E-state index is 4.15. The molecule has 1 N–H and O–H groups in total. The Hall–Kier alpha value is -2.68. The van der Waals surface area contributed by atoms with E-state index in [4.69, 9.17) is 0 Å². The molecule has 92 valence electrons. The molecule has 3 rings (SSSR count). The zero-order valence-corrected chi connectivity index (χ0v) is 10.3. The molecule has 0 spiro atoms. The van der Waals surface area contributed by atoms with E-state index in [1.165, 1.54) is 11.1 Å². The van der Waals surface area contributed by atoms with Crippen molar-refractivity contribution in [1.29, 1.82) is 0 Å². The minimum Gasteiger partial charge on any atom is -0.324 e. The lowest BCUT2D eigenvalue weighted by atomic mass is 10.1. The van der Waals surface area contributed by atoms with Crippen LogP contribution < -0.4 is 5.32 Å². The second-order valence-corrected chi connectivity index (χ2v) is 4.14. The van der Waals surface area contributed by atoms with E-state index in [2.05, 4.69) is 39.6 Å². The van der Waals surface area contributed by atoms with Gasteiger partial charge in [0.25, 0.3) is 0 Å². The molecule has 0 aliphatic carbocycles. The first kappa shape index (κ1) is 11.4. The highest BCUT2D eigenvalue weighted by Gasteiger charge is 2.00. The number of rotatable bonds is 3. The quantitative estimate of drug-likeness (QED) is 0.763. The third kappa shape index (κ3) is 2.77. The van der Waals surface area contributed by atoms with Gasteiger partial charge in [-0.25, -0.2) is 9.97 Å². The van der Waals surface area contributed by atoms with Crippen molar-refractivity contribution in [3.8, 4) is 11.1 Å². The fraction of sp³-hybridized carbons (Fsp3) is 0. The van der Waals surface area contributed by atoms with Crippen LogP contribution in [0.3, 0.4) is 0 Å². The van der Waals surface area contributed by atoms with E-state index in [9.17, 15) is 0 Å². The summed E-state index contributed by atoms with van der Waals surface area (Å²) in [6.07, 6.45) is 3.44. The van der Waals surface area contributed by atoms with E-state index in [-0.39, 0.29) is 0 Å². The maximum Gasteiger partial charge on any atom is 0.227 e. The monoisotopic (exact) mass is 247 g/mol. The number of benzene rings is 2. The average molecular weight is 247 g/mol. The standard InChI is InChI=1S/C16H13N3/c1-2-6-13(7-3-1)14-8-4-9-15(12-14)19-16-17-10-5-11-18-16/h1-12H,(H,17,18,19). The Bertz CT molecular complexity index is 651. The lowest BCUT2D eigenvalue weighted by Gasteiger charge is -2.07. The summed E-state index contributed by atoms with van der Waals surface area (Å²) < 4.78 is 0. The first-order valence-electron chi connectivity index (χ1n) is 6.11. The molecule has 0 unspecified atom stereocenters. The molecular formula is C16H13N3. The molecule has 0 aliphatic rings. The molecule has 0 atom stereocenters. The topological polar surface area (TPSA) is 37.8 Å².